The third-order valence-electron chi connectivity index (χ3n) is 3.96. The van der Waals surface area contributed by atoms with Gasteiger partial charge in [0.2, 0.25) is 0 Å². The SMILES string of the molecule is COc1ccc(C(=O)C(=CN(C)C)C(=O)C2CC2)c2c1OCCS2. The third-order valence-corrected chi connectivity index (χ3v) is 5.03. The highest BCUT2D eigenvalue weighted by Crippen LogP contribution is 2.44. The standard InChI is InChI=1S/C18H21NO4S/c1-19(2)10-13(15(20)11-4-5-11)16(21)12-6-7-14(22-3)17-18(12)24-9-8-23-17/h6-7,10-11H,4-5,8-9H2,1-3H3. The van der Waals surface area contributed by atoms with Crippen molar-refractivity contribution in [2.45, 2.75) is 17.7 Å². The molecule has 1 aromatic carbocycles. The van der Waals surface area contributed by atoms with Crippen molar-refractivity contribution in [1.82, 2.24) is 4.90 Å². The first-order chi connectivity index (χ1) is 11.5. The minimum absolute atomic E-state index is 0.00173. The summed E-state index contributed by atoms with van der Waals surface area (Å²) in [6, 6.07) is 3.46. The normalized spacial score (nSPS) is 16.9. The summed E-state index contributed by atoms with van der Waals surface area (Å²) >= 11 is 1.57. The Bertz CT molecular complexity index is 707. The van der Waals surface area contributed by atoms with E-state index in [1.165, 1.54) is 0 Å². The number of carbonyl (C=O) groups is 2. The molecule has 24 heavy (non-hydrogen) atoms. The molecule has 0 N–H and O–H groups in total. The topological polar surface area (TPSA) is 55.8 Å². The number of Topliss-reactive ketones (excluding diaryl/α,β-unsaturated/α-hetero) is 2. The van der Waals surface area contributed by atoms with Gasteiger partial charge in [-0.3, -0.25) is 9.59 Å². The quantitative estimate of drug-likeness (QED) is 0.341. The molecule has 0 amide bonds. The van der Waals surface area contributed by atoms with Gasteiger partial charge in [-0.2, -0.15) is 0 Å². The summed E-state index contributed by atoms with van der Waals surface area (Å²) in [5.74, 6) is 1.68. The number of ketones is 2. The zero-order valence-corrected chi connectivity index (χ0v) is 14.9. The fourth-order valence-electron chi connectivity index (χ4n) is 2.65. The number of benzene rings is 1. The number of thioether (sulfide) groups is 1. The second-order valence-electron chi connectivity index (χ2n) is 6.14. The summed E-state index contributed by atoms with van der Waals surface area (Å²) in [6.07, 6.45) is 3.37. The van der Waals surface area contributed by atoms with E-state index < -0.39 is 0 Å². The maximum Gasteiger partial charge on any atom is 0.199 e. The van der Waals surface area contributed by atoms with E-state index in [1.807, 2.05) is 14.1 Å². The minimum atomic E-state index is -0.238. The van der Waals surface area contributed by atoms with E-state index in [0.29, 0.717) is 23.7 Å². The molecule has 0 radical (unpaired) electrons. The third kappa shape index (κ3) is 3.29. The van der Waals surface area contributed by atoms with Gasteiger partial charge in [-0.25, -0.2) is 0 Å². The largest absolute Gasteiger partial charge is 0.493 e. The molecule has 2 aliphatic rings. The highest BCUT2D eigenvalue weighted by atomic mass is 32.2. The number of fused-ring (bicyclic) bond motifs is 1. The van der Waals surface area contributed by atoms with E-state index in [0.717, 1.165) is 23.5 Å². The van der Waals surface area contributed by atoms with E-state index >= 15 is 0 Å². The minimum Gasteiger partial charge on any atom is -0.493 e. The lowest BCUT2D eigenvalue weighted by Gasteiger charge is -2.22. The number of ether oxygens (including phenoxy) is 2. The first kappa shape index (κ1) is 16.9. The Kier molecular flexibility index (Phi) is 4.85. The number of nitrogens with zero attached hydrogens (tertiary/aromatic N) is 1. The van der Waals surface area contributed by atoms with Gasteiger partial charge in [0.25, 0.3) is 0 Å². The number of methoxy groups -OCH3 is 1. The van der Waals surface area contributed by atoms with Crippen molar-refractivity contribution >= 4 is 23.3 Å². The first-order valence-electron chi connectivity index (χ1n) is 7.96. The number of rotatable bonds is 6. The predicted octanol–water partition coefficient (Wildman–Crippen LogP) is 2.79. The van der Waals surface area contributed by atoms with E-state index in [-0.39, 0.29) is 23.1 Å². The molecule has 1 heterocycles. The van der Waals surface area contributed by atoms with Gasteiger partial charge in [0.1, 0.15) is 0 Å². The van der Waals surface area contributed by atoms with Gasteiger partial charge in [0.05, 0.1) is 24.2 Å². The number of hydrogen-bond acceptors (Lipinski definition) is 6. The Morgan fingerprint density at radius 3 is 2.71 bits per heavy atom. The van der Waals surface area contributed by atoms with Gasteiger partial charge < -0.3 is 14.4 Å². The van der Waals surface area contributed by atoms with Crippen LogP contribution in [0.5, 0.6) is 11.5 Å². The van der Waals surface area contributed by atoms with Crippen LogP contribution in [0.4, 0.5) is 0 Å². The van der Waals surface area contributed by atoms with Crippen LogP contribution in [0.15, 0.2) is 28.8 Å². The molecule has 1 aromatic rings. The monoisotopic (exact) mass is 347 g/mol. The Morgan fingerprint density at radius 2 is 2.08 bits per heavy atom. The lowest BCUT2D eigenvalue weighted by Crippen LogP contribution is -2.20. The molecule has 6 heteroatoms. The first-order valence-corrected chi connectivity index (χ1v) is 8.95. The van der Waals surface area contributed by atoms with Gasteiger partial charge in [0.15, 0.2) is 23.1 Å². The lowest BCUT2D eigenvalue weighted by atomic mass is 9.97. The molecule has 0 saturated heterocycles. The Labute approximate surface area is 146 Å². The number of carbonyl (C=O) groups excluding carboxylic acids is 2. The molecular weight excluding hydrogens is 326 g/mol. The molecule has 0 spiro atoms. The van der Waals surface area contributed by atoms with Crippen molar-refractivity contribution < 1.29 is 19.1 Å². The van der Waals surface area contributed by atoms with Gasteiger partial charge in [0, 0.05) is 37.5 Å². The van der Waals surface area contributed by atoms with Crippen molar-refractivity contribution in [1.29, 1.82) is 0 Å². The van der Waals surface area contributed by atoms with E-state index in [1.54, 1.807) is 42.1 Å². The van der Waals surface area contributed by atoms with Crippen LogP contribution < -0.4 is 9.47 Å². The molecule has 3 rings (SSSR count). The highest BCUT2D eigenvalue weighted by molar-refractivity contribution is 7.99. The van der Waals surface area contributed by atoms with Crippen molar-refractivity contribution in [3.63, 3.8) is 0 Å². The molecule has 0 atom stereocenters. The van der Waals surface area contributed by atoms with Crippen molar-refractivity contribution in [2.75, 3.05) is 33.6 Å². The zero-order valence-electron chi connectivity index (χ0n) is 14.1. The van der Waals surface area contributed by atoms with E-state index in [9.17, 15) is 9.59 Å². The number of allylic oxidation sites excluding steroid dienone is 1. The summed E-state index contributed by atoms with van der Waals surface area (Å²) in [5, 5.41) is 0. The van der Waals surface area contributed by atoms with Crippen molar-refractivity contribution in [2.24, 2.45) is 5.92 Å². The van der Waals surface area contributed by atoms with Crippen LogP contribution in [0.1, 0.15) is 23.2 Å². The Hall–Kier alpha value is -1.95. The van der Waals surface area contributed by atoms with Crippen LogP contribution >= 0.6 is 11.8 Å². The van der Waals surface area contributed by atoms with Gasteiger partial charge in [-0.15, -0.1) is 11.8 Å². The fourth-order valence-corrected chi connectivity index (χ4v) is 3.63. The second kappa shape index (κ2) is 6.89. The molecule has 128 valence electrons. The molecule has 1 fully saturated rings. The molecule has 0 unspecified atom stereocenters. The molecular formula is C18H21NO4S. The summed E-state index contributed by atoms with van der Waals surface area (Å²) in [5.41, 5.74) is 0.763. The Morgan fingerprint density at radius 1 is 1.33 bits per heavy atom. The summed E-state index contributed by atoms with van der Waals surface area (Å²) < 4.78 is 11.0. The van der Waals surface area contributed by atoms with Crippen LogP contribution in [0.2, 0.25) is 0 Å². The van der Waals surface area contributed by atoms with E-state index in [2.05, 4.69) is 0 Å². The molecule has 0 aromatic heterocycles. The maximum atomic E-state index is 13.1. The van der Waals surface area contributed by atoms with Crippen LogP contribution in [0.3, 0.4) is 0 Å². The molecule has 5 nitrogen and oxygen atoms in total. The van der Waals surface area contributed by atoms with Gasteiger partial charge in [-0.05, 0) is 25.0 Å². The lowest BCUT2D eigenvalue weighted by molar-refractivity contribution is -0.116. The summed E-state index contributed by atoms with van der Waals surface area (Å²) in [6.45, 7) is 0.576. The van der Waals surface area contributed by atoms with Gasteiger partial charge >= 0.3 is 0 Å². The molecule has 0 bridgehead atoms. The van der Waals surface area contributed by atoms with Crippen LogP contribution in [-0.2, 0) is 4.79 Å². The van der Waals surface area contributed by atoms with E-state index in [4.69, 9.17) is 9.47 Å². The summed E-state index contributed by atoms with van der Waals surface area (Å²) in [7, 11) is 5.21. The van der Waals surface area contributed by atoms with Crippen LogP contribution in [0, 0.1) is 5.92 Å². The fraction of sp³-hybridized carbons (Fsp3) is 0.444. The predicted molar refractivity (Wildman–Crippen MR) is 93.0 cm³/mol. The van der Waals surface area contributed by atoms with Crippen molar-refractivity contribution in [3.05, 3.63) is 29.5 Å². The summed E-state index contributed by atoms with van der Waals surface area (Å²) in [4.78, 5) is 28.2. The van der Waals surface area contributed by atoms with Gasteiger partial charge in [-0.1, -0.05) is 0 Å². The maximum absolute atomic E-state index is 13.1. The highest BCUT2D eigenvalue weighted by Gasteiger charge is 2.36. The number of hydrogen-bond donors (Lipinski definition) is 0. The van der Waals surface area contributed by atoms with Crippen LogP contribution in [0.25, 0.3) is 0 Å². The molecule has 1 aliphatic heterocycles. The average Bonchev–Trinajstić information content (AvgIpc) is 3.42. The smallest absolute Gasteiger partial charge is 0.199 e. The average molecular weight is 347 g/mol. The molecule has 1 saturated carbocycles. The molecule has 1 aliphatic carbocycles. The Balaban J connectivity index is 2.03. The zero-order chi connectivity index (χ0) is 17.3. The second-order valence-corrected chi connectivity index (χ2v) is 7.25. The van der Waals surface area contributed by atoms with Crippen LogP contribution in [-0.4, -0.2) is 50.0 Å². The van der Waals surface area contributed by atoms with Crippen molar-refractivity contribution in [3.8, 4) is 11.5 Å².